The highest BCUT2D eigenvalue weighted by Gasteiger charge is 2.19. The van der Waals surface area contributed by atoms with Gasteiger partial charge in [-0.2, -0.15) is 0 Å². The molecule has 2 aromatic rings. The first-order valence-electron chi connectivity index (χ1n) is 8.17. The highest BCUT2D eigenvalue weighted by atomic mass is 15.0. The van der Waals surface area contributed by atoms with Crippen molar-refractivity contribution in [3.63, 3.8) is 0 Å². The van der Waals surface area contributed by atoms with E-state index in [1.165, 1.54) is 47.3 Å². The van der Waals surface area contributed by atoms with Crippen molar-refractivity contribution in [1.82, 2.24) is 9.88 Å². The highest BCUT2D eigenvalue weighted by Crippen LogP contribution is 2.30. The molecule has 1 heterocycles. The lowest BCUT2D eigenvalue weighted by molar-refractivity contribution is 0.458. The Hall–Kier alpha value is -1.54. The summed E-state index contributed by atoms with van der Waals surface area (Å²) in [5.41, 5.74) is 7.26. The van der Waals surface area contributed by atoms with Crippen LogP contribution in [0.5, 0.6) is 0 Å². The third kappa shape index (κ3) is 2.77. The summed E-state index contributed by atoms with van der Waals surface area (Å²) in [6.45, 7) is 8.69. The summed E-state index contributed by atoms with van der Waals surface area (Å²) >= 11 is 0. The molecule has 1 aromatic carbocycles. The zero-order valence-electron chi connectivity index (χ0n) is 13.4. The number of nitrogens with one attached hydrogen (secondary N) is 1. The molecule has 0 aliphatic heterocycles. The molecule has 1 aliphatic carbocycles. The molecule has 1 unspecified atom stereocenters. The minimum Gasteiger partial charge on any atom is -0.349 e. The molecule has 3 rings (SSSR count). The molecule has 0 fully saturated rings. The maximum Gasteiger partial charge on any atom is 0.0326 e. The van der Waals surface area contributed by atoms with E-state index in [1.807, 2.05) is 0 Å². The van der Waals surface area contributed by atoms with Crippen molar-refractivity contribution in [2.75, 3.05) is 0 Å². The third-order valence-corrected chi connectivity index (χ3v) is 4.90. The SMILES string of the molecule is CCn1c(C)cc(CNC2CCCc3ccccc32)c1C. The first kappa shape index (κ1) is 14.4. The molecule has 1 N–H and O–H groups in total. The fourth-order valence-electron chi connectivity index (χ4n) is 3.74. The van der Waals surface area contributed by atoms with Gasteiger partial charge in [-0.3, -0.25) is 0 Å². The van der Waals surface area contributed by atoms with Gasteiger partial charge in [-0.15, -0.1) is 0 Å². The Morgan fingerprint density at radius 3 is 2.81 bits per heavy atom. The number of hydrogen-bond acceptors (Lipinski definition) is 1. The Morgan fingerprint density at radius 2 is 2.05 bits per heavy atom. The van der Waals surface area contributed by atoms with Crippen LogP contribution in [0, 0.1) is 13.8 Å². The lowest BCUT2D eigenvalue weighted by atomic mass is 9.87. The van der Waals surface area contributed by atoms with Crippen LogP contribution in [0.25, 0.3) is 0 Å². The molecule has 0 radical (unpaired) electrons. The van der Waals surface area contributed by atoms with E-state index >= 15 is 0 Å². The number of rotatable bonds is 4. The van der Waals surface area contributed by atoms with E-state index in [0.717, 1.165) is 13.1 Å². The van der Waals surface area contributed by atoms with E-state index in [-0.39, 0.29) is 0 Å². The van der Waals surface area contributed by atoms with E-state index in [2.05, 4.69) is 61.0 Å². The summed E-state index contributed by atoms with van der Waals surface area (Å²) in [4.78, 5) is 0. The molecular weight excluding hydrogens is 256 g/mol. The second-order valence-corrected chi connectivity index (χ2v) is 6.17. The van der Waals surface area contributed by atoms with Crippen LogP contribution in [0.4, 0.5) is 0 Å². The Bertz CT molecular complexity index is 624. The topological polar surface area (TPSA) is 17.0 Å². The monoisotopic (exact) mass is 282 g/mol. The minimum absolute atomic E-state index is 0.514. The molecule has 0 saturated carbocycles. The Morgan fingerprint density at radius 1 is 1.24 bits per heavy atom. The third-order valence-electron chi connectivity index (χ3n) is 4.90. The van der Waals surface area contributed by atoms with Gasteiger partial charge in [0.1, 0.15) is 0 Å². The number of hydrogen-bond donors (Lipinski definition) is 1. The van der Waals surface area contributed by atoms with Gasteiger partial charge in [0.2, 0.25) is 0 Å². The number of fused-ring (bicyclic) bond motifs is 1. The molecule has 0 saturated heterocycles. The van der Waals surface area contributed by atoms with Gasteiger partial charge in [0.25, 0.3) is 0 Å². The Kier molecular flexibility index (Phi) is 4.16. The summed E-state index contributed by atoms with van der Waals surface area (Å²) in [5.74, 6) is 0. The summed E-state index contributed by atoms with van der Waals surface area (Å²) in [5, 5.41) is 3.79. The standard InChI is InChI=1S/C19H26N2/c1-4-21-14(2)12-17(15(21)3)13-20-19-11-7-9-16-8-5-6-10-18(16)19/h5-6,8,10,12,19-20H,4,7,9,11,13H2,1-3H3. The average molecular weight is 282 g/mol. The van der Waals surface area contributed by atoms with E-state index in [0.29, 0.717) is 6.04 Å². The van der Waals surface area contributed by atoms with Gasteiger partial charge in [-0.05, 0) is 62.8 Å². The summed E-state index contributed by atoms with van der Waals surface area (Å²) in [7, 11) is 0. The fraction of sp³-hybridized carbons (Fsp3) is 0.474. The van der Waals surface area contributed by atoms with Crippen LogP contribution in [-0.4, -0.2) is 4.57 Å². The normalized spacial score (nSPS) is 17.8. The molecule has 0 amide bonds. The van der Waals surface area contributed by atoms with Crippen LogP contribution in [0.1, 0.15) is 53.9 Å². The van der Waals surface area contributed by atoms with E-state index in [4.69, 9.17) is 0 Å². The largest absolute Gasteiger partial charge is 0.349 e. The Labute approximate surface area is 128 Å². The van der Waals surface area contributed by atoms with E-state index in [1.54, 1.807) is 0 Å². The van der Waals surface area contributed by atoms with Crippen LogP contribution < -0.4 is 5.32 Å². The van der Waals surface area contributed by atoms with Crippen molar-refractivity contribution in [2.45, 2.75) is 59.2 Å². The van der Waals surface area contributed by atoms with Crippen LogP contribution >= 0.6 is 0 Å². The van der Waals surface area contributed by atoms with E-state index < -0.39 is 0 Å². The van der Waals surface area contributed by atoms with Crippen molar-refractivity contribution in [1.29, 1.82) is 0 Å². The number of aryl methyl sites for hydroxylation is 2. The molecule has 0 spiro atoms. The molecular formula is C19H26N2. The first-order valence-corrected chi connectivity index (χ1v) is 8.17. The predicted octanol–water partition coefficient (Wildman–Crippen LogP) is 4.29. The lowest BCUT2D eigenvalue weighted by Crippen LogP contribution is -2.25. The zero-order chi connectivity index (χ0) is 14.8. The van der Waals surface area contributed by atoms with Gasteiger partial charge in [-0.1, -0.05) is 24.3 Å². The number of benzene rings is 1. The quantitative estimate of drug-likeness (QED) is 0.885. The van der Waals surface area contributed by atoms with Crippen LogP contribution in [-0.2, 0) is 19.5 Å². The summed E-state index contributed by atoms with van der Waals surface area (Å²) in [6, 6.07) is 11.8. The molecule has 2 nitrogen and oxygen atoms in total. The second kappa shape index (κ2) is 6.07. The highest BCUT2D eigenvalue weighted by molar-refractivity contribution is 5.33. The number of aromatic nitrogens is 1. The van der Waals surface area contributed by atoms with Crippen molar-refractivity contribution >= 4 is 0 Å². The summed E-state index contributed by atoms with van der Waals surface area (Å²) < 4.78 is 2.39. The van der Waals surface area contributed by atoms with Gasteiger partial charge in [0.05, 0.1) is 0 Å². The maximum absolute atomic E-state index is 3.79. The number of nitrogens with zero attached hydrogens (tertiary/aromatic N) is 1. The molecule has 21 heavy (non-hydrogen) atoms. The van der Waals surface area contributed by atoms with Crippen LogP contribution in [0.3, 0.4) is 0 Å². The molecule has 2 heteroatoms. The van der Waals surface area contributed by atoms with Crippen molar-refractivity contribution in [3.8, 4) is 0 Å². The molecule has 1 aromatic heterocycles. The Balaban J connectivity index is 1.74. The maximum atomic E-state index is 3.79. The molecule has 1 atom stereocenters. The molecule has 0 bridgehead atoms. The van der Waals surface area contributed by atoms with E-state index in [9.17, 15) is 0 Å². The van der Waals surface area contributed by atoms with Gasteiger partial charge in [0.15, 0.2) is 0 Å². The van der Waals surface area contributed by atoms with Crippen LogP contribution in [0.2, 0.25) is 0 Å². The predicted molar refractivity (Wildman–Crippen MR) is 88.5 cm³/mol. The van der Waals surface area contributed by atoms with Gasteiger partial charge in [0, 0.05) is 30.5 Å². The fourth-order valence-corrected chi connectivity index (χ4v) is 3.74. The van der Waals surface area contributed by atoms with Crippen molar-refractivity contribution < 1.29 is 0 Å². The molecule has 1 aliphatic rings. The van der Waals surface area contributed by atoms with Crippen molar-refractivity contribution in [3.05, 3.63) is 58.4 Å². The zero-order valence-corrected chi connectivity index (χ0v) is 13.4. The van der Waals surface area contributed by atoms with Crippen molar-refractivity contribution in [2.24, 2.45) is 0 Å². The smallest absolute Gasteiger partial charge is 0.0326 e. The van der Waals surface area contributed by atoms with Gasteiger partial charge >= 0.3 is 0 Å². The van der Waals surface area contributed by atoms with Gasteiger partial charge in [-0.25, -0.2) is 0 Å². The first-order chi connectivity index (χ1) is 10.2. The van der Waals surface area contributed by atoms with Crippen LogP contribution in [0.15, 0.2) is 30.3 Å². The average Bonchev–Trinajstić information content (AvgIpc) is 2.78. The second-order valence-electron chi connectivity index (χ2n) is 6.17. The van der Waals surface area contributed by atoms with Gasteiger partial charge < -0.3 is 9.88 Å². The summed E-state index contributed by atoms with van der Waals surface area (Å²) in [6.07, 6.45) is 3.78. The lowest BCUT2D eigenvalue weighted by Gasteiger charge is -2.26. The minimum atomic E-state index is 0.514. The molecule has 112 valence electrons.